The first kappa shape index (κ1) is 18.1. The molecule has 2 N–H and O–H groups in total. The molecule has 1 aromatic carbocycles. The van der Waals surface area contributed by atoms with E-state index in [-0.39, 0.29) is 10.7 Å². The van der Waals surface area contributed by atoms with E-state index in [0.29, 0.717) is 28.9 Å². The van der Waals surface area contributed by atoms with Crippen molar-refractivity contribution in [2.24, 2.45) is 0 Å². The first-order chi connectivity index (χ1) is 12.5. The smallest absolute Gasteiger partial charge is 0.274 e. The van der Waals surface area contributed by atoms with Gasteiger partial charge in [0.05, 0.1) is 28.0 Å². The molecular formula is C18H15Cl2N5O. The lowest BCUT2D eigenvalue weighted by molar-refractivity contribution is 0.102. The molecule has 0 aliphatic rings. The number of benzene rings is 1. The number of rotatable bonds is 5. The van der Waals surface area contributed by atoms with E-state index in [4.69, 9.17) is 23.2 Å². The number of carbonyl (C=O) groups is 1. The monoisotopic (exact) mass is 387 g/mol. The van der Waals surface area contributed by atoms with Crippen LogP contribution in [0.1, 0.15) is 21.9 Å². The Morgan fingerprint density at radius 1 is 1.12 bits per heavy atom. The number of hydrogen-bond acceptors (Lipinski definition) is 5. The second-order valence-electron chi connectivity index (χ2n) is 5.45. The molecule has 0 aliphatic carbocycles. The highest BCUT2D eigenvalue weighted by Crippen LogP contribution is 2.29. The summed E-state index contributed by atoms with van der Waals surface area (Å²) >= 11 is 12.1. The largest absolute Gasteiger partial charge is 0.349 e. The molecule has 26 heavy (non-hydrogen) atoms. The van der Waals surface area contributed by atoms with E-state index in [0.717, 1.165) is 5.69 Å². The lowest BCUT2D eigenvalue weighted by Crippen LogP contribution is -2.16. The van der Waals surface area contributed by atoms with E-state index in [1.165, 1.54) is 0 Å². The number of aromatic nitrogens is 3. The van der Waals surface area contributed by atoms with Crippen molar-refractivity contribution in [1.82, 2.24) is 15.0 Å². The summed E-state index contributed by atoms with van der Waals surface area (Å²) in [5.74, 6) is -0.0569. The number of pyridine rings is 1. The van der Waals surface area contributed by atoms with Crippen LogP contribution in [0.4, 0.5) is 11.6 Å². The van der Waals surface area contributed by atoms with Crippen LogP contribution in [0.2, 0.25) is 10.0 Å². The summed E-state index contributed by atoms with van der Waals surface area (Å²) in [6.07, 6.45) is 1.71. The fraction of sp³-hybridized carbons (Fsp3) is 0.111. The number of halogens is 2. The van der Waals surface area contributed by atoms with Gasteiger partial charge in [0.25, 0.3) is 5.91 Å². The molecule has 0 unspecified atom stereocenters. The van der Waals surface area contributed by atoms with Crippen LogP contribution in [0.25, 0.3) is 0 Å². The predicted molar refractivity (Wildman–Crippen MR) is 103 cm³/mol. The zero-order chi connectivity index (χ0) is 18.5. The summed E-state index contributed by atoms with van der Waals surface area (Å²) in [5, 5.41) is 6.42. The van der Waals surface area contributed by atoms with Crippen LogP contribution in [0.15, 0.2) is 48.7 Å². The van der Waals surface area contributed by atoms with Gasteiger partial charge >= 0.3 is 0 Å². The molecule has 6 nitrogen and oxygen atoms in total. The first-order valence-electron chi connectivity index (χ1n) is 7.78. The maximum absolute atomic E-state index is 12.5. The number of nitrogens with one attached hydrogen (secondary N) is 2. The van der Waals surface area contributed by atoms with Gasteiger partial charge in [-0.3, -0.25) is 9.78 Å². The maximum atomic E-state index is 12.5. The molecule has 132 valence electrons. The van der Waals surface area contributed by atoms with Crippen LogP contribution in [0.5, 0.6) is 0 Å². The average molecular weight is 388 g/mol. The summed E-state index contributed by atoms with van der Waals surface area (Å²) < 4.78 is 0. The minimum Gasteiger partial charge on any atom is -0.349 e. The Bertz CT molecular complexity index is 934. The Kier molecular flexibility index (Phi) is 5.65. The van der Waals surface area contributed by atoms with Crippen LogP contribution >= 0.6 is 23.2 Å². The van der Waals surface area contributed by atoms with Crippen molar-refractivity contribution in [1.29, 1.82) is 0 Å². The number of amides is 1. The van der Waals surface area contributed by atoms with Crippen LogP contribution in [-0.2, 0) is 6.54 Å². The third kappa shape index (κ3) is 4.47. The molecule has 0 radical (unpaired) electrons. The van der Waals surface area contributed by atoms with Crippen molar-refractivity contribution in [3.05, 3.63) is 75.8 Å². The van der Waals surface area contributed by atoms with Crippen molar-refractivity contribution in [3.63, 3.8) is 0 Å². The molecule has 0 bridgehead atoms. The van der Waals surface area contributed by atoms with Gasteiger partial charge in [0.15, 0.2) is 0 Å². The summed E-state index contributed by atoms with van der Waals surface area (Å²) in [5.41, 5.74) is 2.14. The van der Waals surface area contributed by atoms with Crippen molar-refractivity contribution in [2.75, 3.05) is 10.6 Å². The normalized spacial score (nSPS) is 10.4. The number of aryl methyl sites for hydroxylation is 1. The van der Waals surface area contributed by atoms with Gasteiger partial charge in [0, 0.05) is 11.9 Å². The van der Waals surface area contributed by atoms with Gasteiger partial charge < -0.3 is 10.6 Å². The van der Waals surface area contributed by atoms with E-state index in [1.54, 1.807) is 37.4 Å². The van der Waals surface area contributed by atoms with Crippen LogP contribution < -0.4 is 10.6 Å². The van der Waals surface area contributed by atoms with Crippen LogP contribution in [-0.4, -0.2) is 20.9 Å². The molecule has 3 rings (SSSR count). The van der Waals surface area contributed by atoms with Crippen molar-refractivity contribution >= 4 is 40.7 Å². The van der Waals surface area contributed by atoms with E-state index in [2.05, 4.69) is 25.6 Å². The Hall–Kier alpha value is -2.70. The quantitative estimate of drug-likeness (QED) is 0.679. The lowest BCUT2D eigenvalue weighted by Gasteiger charge is -2.10. The molecule has 1 amide bonds. The molecule has 0 saturated heterocycles. The van der Waals surface area contributed by atoms with Gasteiger partial charge in [-0.1, -0.05) is 35.3 Å². The van der Waals surface area contributed by atoms with E-state index in [9.17, 15) is 4.79 Å². The average Bonchev–Trinajstić information content (AvgIpc) is 2.64. The molecule has 2 aromatic heterocycles. The number of hydrogen-bond donors (Lipinski definition) is 2. The Labute approximate surface area is 160 Å². The highest BCUT2D eigenvalue weighted by Gasteiger charge is 2.13. The summed E-state index contributed by atoms with van der Waals surface area (Å²) in [6.45, 7) is 2.24. The Morgan fingerprint density at radius 2 is 1.96 bits per heavy atom. The topological polar surface area (TPSA) is 79.8 Å². The zero-order valence-corrected chi connectivity index (χ0v) is 15.3. The molecule has 0 spiro atoms. The minimum atomic E-state index is -0.402. The number of anilines is 2. The maximum Gasteiger partial charge on any atom is 0.274 e. The van der Waals surface area contributed by atoms with Crippen LogP contribution in [0, 0.1) is 6.92 Å². The van der Waals surface area contributed by atoms with Crippen molar-refractivity contribution < 1.29 is 4.79 Å². The molecule has 0 atom stereocenters. The second-order valence-corrected chi connectivity index (χ2v) is 6.23. The van der Waals surface area contributed by atoms with E-state index >= 15 is 0 Å². The zero-order valence-electron chi connectivity index (χ0n) is 13.8. The first-order valence-corrected chi connectivity index (χ1v) is 8.53. The standard InChI is InChI=1S/C18H15Cl2N5O/c1-11-9-15(17(26)24-14-7-4-6-13(19)16(14)20)25-18(23-11)22-10-12-5-2-3-8-21-12/h2-9H,10H2,1H3,(H,24,26)(H,22,23,25). The van der Waals surface area contributed by atoms with Gasteiger partial charge in [-0.2, -0.15) is 0 Å². The van der Waals surface area contributed by atoms with Gasteiger partial charge in [0.1, 0.15) is 5.69 Å². The highest BCUT2D eigenvalue weighted by atomic mass is 35.5. The van der Waals surface area contributed by atoms with Crippen molar-refractivity contribution in [2.45, 2.75) is 13.5 Å². The molecule has 3 aromatic rings. The van der Waals surface area contributed by atoms with Gasteiger partial charge in [-0.05, 0) is 37.3 Å². The molecular weight excluding hydrogens is 373 g/mol. The molecule has 2 heterocycles. The molecule has 0 fully saturated rings. The predicted octanol–water partition coefficient (Wildman–Crippen LogP) is 4.35. The second kappa shape index (κ2) is 8.12. The Morgan fingerprint density at radius 3 is 2.73 bits per heavy atom. The Balaban J connectivity index is 1.76. The third-order valence-electron chi connectivity index (χ3n) is 3.44. The number of nitrogens with zero attached hydrogens (tertiary/aromatic N) is 3. The summed E-state index contributed by atoms with van der Waals surface area (Å²) in [7, 11) is 0. The highest BCUT2D eigenvalue weighted by molar-refractivity contribution is 6.44. The number of carbonyl (C=O) groups excluding carboxylic acids is 1. The molecule has 0 aliphatic heterocycles. The molecule has 8 heteroatoms. The summed E-state index contributed by atoms with van der Waals surface area (Å²) in [6, 6.07) is 12.2. The molecule has 0 saturated carbocycles. The minimum absolute atomic E-state index is 0.220. The fourth-order valence-corrected chi connectivity index (χ4v) is 2.57. The third-order valence-corrected chi connectivity index (χ3v) is 4.26. The van der Waals surface area contributed by atoms with Crippen molar-refractivity contribution in [3.8, 4) is 0 Å². The van der Waals surface area contributed by atoms with Gasteiger partial charge in [0.2, 0.25) is 5.95 Å². The fourth-order valence-electron chi connectivity index (χ4n) is 2.22. The summed E-state index contributed by atoms with van der Waals surface area (Å²) in [4.78, 5) is 25.3. The van der Waals surface area contributed by atoms with E-state index in [1.807, 2.05) is 18.2 Å². The SMILES string of the molecule is Cc1cc(C(=O)Nc2cccc(Cl)c2Cl)nc(NCc2ccccn2)n1. The van der Waals surface area contributed by atoms with Gasteiger partial charge in [-0.15, -0.1) is 0 Å². The van der Waals surface area contributed by atoms with E-state index < -0.39 is 5.91 Å². The lowest BCUT2D eigenvalue weighted by atomic mass is 10.3. The van der Waals surface area contributed by atoms with Gasteiger partial charge in [-0.25, -0.2) is 9.97 Å². The van der Waals surface area contributed by atoms with Crippen LogP contribution in [0.3, 0.4) is 0 Å².